The van der Waals surface area contributed by atoms with E-state index in [1.807, 2.05) is 25.2 Å². The van der Waals surface area contributed by atoms with Gasteiger partial charge in [0.2, 0.25) is 0 Å². The summed E-state index contributed by atoms with van der Waals surface area (Å²) >= 11 is 0. The van der Waals surface area contributed by atoms with E-state index in [9.17, 15) is 17.6 Å². The van der Waals surface area contributed by atoms with Gasteiger partial charge in [0.25, 0.3) is 0 Å². The first kappa shape index (κ1) is 36.8. The maximum absolute atomic E-state index is 14.2. The molecule has 216 valence electrons. The van der Waals surface area contributed by atoms with Crippen LogP contribution in [0, 0.1) is 31.1 Å². The van der Waals surface area contributed by atoms with E-state index in [1.165, 1.54) is 0 Å². The smallest absolute Gasteiger partial charge is 0.0869 e. The number of alkyl halides is 4. The van der Waals surface area contributed by atoms with Gasteiger partial charge in [-0.05, 0) is 38.5 Å². The predicted octanol–water partition coefficient (Wildman–Crippen LogP) is 8.98. The van der Waals surface area contributed by atoms with Gasteiger partial charge in [-0.2, -0.15) is 17.5 Å². The molecule has 3 rings (SSSR count). The van der Waals surface area contributed by atoms with Gasteiger partial charge in [0.1, 0.15) is 0 Å². The van der Waals surface area contributed by atoms with Crippen LogP contribution in [0.4, 0.5) is 17.6 Å². The first-order valence-electron chi connectivity index (χ1n) is 13.5. The number of hydrogen-bond donors (Lipinski definition) is 0. The van der Waals surface area contributed by atoms with Crippen molar-refractivity contribution >= 4 is 0 Å². The first-order chi connectivity index (χ1) is 16.9. The van der Waals surface area contributed by atoms with E-state index < -0.39 is 42.2 Å². The van der Waals surface area contributed by atoms with Gasteiger partial charge in [0, 0.05) is 25.8 Å². The van der Waals surface area contributed by atoms with E-state index in [0.29, 0.717) is 62.6 Å². The van der Waals surface area contributed by atoms with Crippen LogP contribution in [0.3, 0.4) is 0 Å². The van der Waals surface area contributed by atoms with Crippen LogP contribution in [0.25, 0.3) is 16.0 Å². The molecule has 3 nitrogen and oxygen atoms in total. The summed E-state index contributed by atoms with van der Waals surface area (Å²) in [5.41, 5.74) is -0.0239. The molecule has 37 heavy (non-hydrogen) atoms. The van der Waals surface area contributed by atoms with Crippen LogP contribution >= 0.6 is 0 Å². The van der Waals surface area contributed by atoms with Crippen molar-refractivity contribution < 1.29 is 43.4 Å². The monoisotopic (exact) mass is 694 g/mol. The second-order valence-electron chi connectivity index (χ2n) is 11.3. The minimum absolute atomic E-state index is 0. The molecular formula is C29H48F4HfN3-5. The van der Waals surface area contributed by atoms with Crippen LogP contribution in [-0.2, 0) is 25.8 Å². The molecule has 1 heterocycles. The standard InChI is InChI=1S/C21H30F4N3.2C4H9.Hf/c1-21(18-10-2-3-11-26-18,12-27-19-14(22)6-4-7-15(19)23)13-28-20-16(24)8-5-9-17(20)25;2*1-4(2)3;/h2-3,10,14-17,19-20H,4-9,11-13H2,1H3;2*4H,1H2,2-3H3;/q-3;2*-1;. The molecule has 8 heteroatoms. The van der Waals surface area contributed by atoms with Crippen LogP contribution in [-0.4, -0.2) is 56.4 Å². The second kappa shape index (κ2) is 19.0. The Labute approximate surface area is 243 Å². The summed E-state index contributed by atoms with van der Waals surface area (Å²) in [7, 11) is 0. The summed E-state index contributed by atoms with van der Waals surface area (Å²) in [5, 5.41) is 13.2. The minimum Gasteiger partial charge on any atom is -0.684 e. The number of rotatable bonds is 7. The fourth-order valence-electron chi connectivity index (χ4n) is 4.25. The normalized spacial score (nSPS) is 31.0. The molecule has 2 aliphatic carbocycles. The van der Waals surface area contributed by atoms with Gasteiger partial charge in [-0.1, -0.05) is 64.3 Å². The zero-order valence-corrected chi connectivity index (χ0v) is 27.1. The van der Waals surface area contributed by atoms with Crippen LogP contribution in [0.2, 0.25) is 0 Å². The number of hydrogen-bond acceptors (Lipinski definition) is 0. The van der Waals surface area contributed by atoms with E-state index in [1.54, 1.807) is 0 Å². The Balaban J connectivity index is 0.00000127. The van der Waals surface area contributed by atoms with Gasteiger partial charge in [-0.25, -0.2) is 17.6 Å². The van der Waals surface area contributed by atoms with Gasteiger partial charge < -0.3 is 29.8 Å². The molecule has 1 aliphatic heterocycles. The fraction of sp³-hybridized carbons (Fsp3) is 0.793. The Morgan fingerprint density at radius 2 is 1.19 bits per heavy atom. The first-order valence-corrected chi connectivity index (χ1v) is 13.5. The minimum atomic E-state index is -1.29. The zero-order chi connectivity index (χ0) is 27.3. The molecule has 0 saturated heterocycles. The van der Waals surface area contributed by atoms with E-state index in [4.69, 9.17) is 0 Å². The Morgan fingerprint density at radius 3 is 1.49 bits per heavy atom. The second-order valence-corrected chi connectivity index (χ2v) is 11.3. The predicted molar refractivity (Wildman–Crippen MR) is 145 cm³/mol. The van der Waals surface area contributed by atoms with Crippen molar-refractivity contribution in [2.24, 2.45) is 17.3 Å². The van der Waals surface area contributed by atoms with Crippen molar-refractivity contribution in [2.45, 2.75) is 110 Å². The molecule has 0 aromatic heterocycles. The molecule has 3 aliphatic rings. The summed E-state index contributed by atoms with van der Waals surface area (Å²) in [5.74, 6) is 1.17. The van der Waals surface area contributed by atoms with Crippen LogP contribution in [0.15, 0.2) is 23.9 Å². The topological polar surface area (TPSA) is 42.3 Å². The molecule has 0 spiro atoms. The summed E-state index contributed by atoms with van der Waals surface area (Å²) < 4.78 is 56.8. The Morgan fingerprint density at radius 1 is 0.838 bits per heavy atom. The molecular weight excluding hydrogens is 645 g/mol. The summed E-state index contributed by atoms with van der Waals surface area (Å²) in [6.07, 6.45) is 2.79. The average molecular weight is 693 g/mol. The fourth-order valence-corrected chi connectivity index (χ4v) is 4.25. The summed E-state index contributed by atoms with van der Waals surface area (Å²) in [6, 6.07) is -1.96. The third-order valence-electron chi connectivity index (χ3n) is 6.08. The molecule has 4 unspecified atom stereocenters. The van der Waals surface area contributed by atoms with Crippen molar-refractivity contribution in [3.05, 3.63) is 53.7 Å². The van der Waals surface area contributed by atoms with Crippen LogP contribution in [0.1, 0.15) is 73.1 Å². The third kappa shape index (κ3) is 14.1. The van der Waals surface area contributed by atoms with Gasteiger partial charge in [0.05, 0.1) is 24.7 Å². The number of nitrogens with zero attached hydrogens (tertiary/aromatic N) is 3. The van der Waals surface area contributed by atoms with E-state index in [-0.39, 0.29) is 38.9 Å². The van der Waals surface area contributed by atoms with Crippen molar-refractivity contribution in [1.82, 2.24) is 0 Å². The SMILES string of the molecule is CC(C[N-]C1C(F)CCCC1F)(C[N-]C1C(F)CCCC1F)C1=CC=CC[N-]1.[CH2-]C(C)C.[CH2-]C(C)C.[Hf]. The van der Waals surface area contributed by atoms with Crippen molar-refractivity contribution in [1.29, 1.82) is 0 Å². The van der Waals surface area contributed by atoms with Gasteiger partial charge in [-0.3, -0.25) is 0 Å². The van der Waals surface area contributed by atoms with Gasteiger partial charge in [-0.15, -0.1) is 25.7 Å². The van der Waals surface area contributed by atoms with Crippen molar-refractivity contribution in [2.75, 3.05) is 19.6 Å². The molecule has 0 amide bonds. The zero-order valence-electron chi connectivity index (χ0n) is 23.5. The van der Waals surface area contributed by atoms with Gasteiger partial charge >= 0.3 is 0 Å². The number of halogens is 4. The van der Waals surface area contributed by atoms with E-state index in [0.717, 1.165) is 0 Å². The van der Waals surface area contributed by atoms with E-state index in [2.05, 4.69) is 57.5 Å². The Kier molecular flexibility index (Phi) is 18.9. The molecule has 2 fully saturated rings. The maximum Gasteiger partial charge on any atom is 0.0869 e. The molecule has 0 N–H and O–H groups in total. The van der Waals surface area contributed by atoms with Crippen LogP contribution < -0.4 is 0 Å². The summed E-state index contributed by atoms with van der Waals surface area (Å²) in [4.78, 5) is 0. The average Bonchev–Trinajstić information content (AvgIpc) is 2.78. The third-order valence-corrected chi connectivity index (χ3v) is 6.08. The molecule has 0 bridgehead atoms. The summed E-state index contributed by atoms with van der Waals surface area (Å²) in [6.45, 7) is 18.1. The molecule has 0 radical (unpaired) electrons. The van der Waals surface area contributed by atoms with Crippen molar-refractivity contribution in [3.63, 3.8) is 0 Å². The molecule has 0 aromatic rings. The Bertz CT molecular complexity index is 598. The number of allylic oxidation sites excluding steroid dienone is 2. The van der Waals surface area contributed by atoms with E-state index >= 15 is 0 Å². The largest absolute Gasteiger partial charge is 0.684 e. The molecule has 4 atom stereocenters. The maximum atomic E-state index is 14.2. The van der Waals surface area contributed by atoms with Crippen molar-refractivity contribution in [3.8, 4) is 0 Å². The van der Waals surface area contributed by atoms with Crippen LogP contribution in [0.5, 0.6) is 0 Å². The molecule has 2 saturated carbocycles. The quantitative estimate of drug-likeness (QED) is 0.145. The Hall–Kier alpha value is -0.210. The van der Waals surface area contributed by atoms with Gasteiger partial charge in [0.15, 0.2) is 0 Å². The molecule has 0 aromatic carbocycles.